The third-order valence-electron chi connectivity index (χ3n) is 9.93. The van der Waals surface area contributed by atoms with Crippen molar-refractivity contribution in [1.82, 2.24) is 0 Å². The number of anilines is 1. The maximum absolute atomic E-state index is 14.1. The molecule has 1 aromatic rings. The molecule has 0 bridgehead atoms. The molecule has 1 heterocycles. The summed E-state index contributed by atoms with van der Waals surface area (Å²) in [6.07, 6.45) is 8.15. The average molecular weight is 449 g/mol. The minimum Gasteiger partial charge on any atom is -0.312 e. The van der Waals surface area contributed by atoms with Gasteiger partial charge >= 0.3 is 0 Å². The van der Waals surface area contributed by atoms with E-state index in [1.165, 1.54) is 18.6 Å². The maximum atomic E-state index is 14.1. The molecule has 4 heteroatoms. The van der Waals surface area contributed by atoms with Crippen LogP contribution in [0.15, 0.2) is 35.3 Å². The van der Waals surface area contributed by atoms with E-state index in [0.717, 1.165) is 44.3 Å². The van der Waals surface area contributed by atoms with Gasteiger partial charge in [0.1, 0.15) is 0 Å². The van der Waals surface area contributed by atoms with E-state index in [4.69, 9.17) is 0 Å². The minimum atomic E-state index is 0.0811. The minimum absolute atomic E-state index is 0.0811. The summed E-state index contributed by atoms with van der Waals surface area (Å²) in [4.78, 5) is 32.7. The summed E-state index contributed by atoms with van der Waals surface area (Å²) in [7, 11) is 0. The molecule has 2 amide bonds. The normalized spacial score (nSPS) is 37.7. The van der Waals surface area contributed by atoms with E-state index in [-0.39, 0.29) is 22.7 Å². The van der Waals surface area contributed by atoms with Gasteiger partial charge in [-0.1, -0.05) is 45.9 Å². The number of amides is 2. The standard InChI is InChI=1S/C29H40N2O2/c1-19(2)18-31(20-8-6-5-7-9-20)27(33)24-12-11-22-21-10-13-25-29(4,17-15-26(32)30-25)23(21)14-16-28(22,24)3/h5-9,19,21-24H,10-18H2,1-4H3/t21-,22-,23+,24?,28-,29+/m0/s1. The Hall–Kier alpha value is -1.97. The predicted octanol–water partition coefficient (Wildman–Crippen LogP) is 6.30. The first kappa shape index (κ1) is 22.8. The van der Waals surface area contributed by atoms with Gasteiger partial charge in [-0.05, 0) is 86.2 Å². The van der Waals surface area contributed by atoms with Gasteiger partial charge in [0.25, 0.3) is 0 Å². The highest BCUT2D eigenvalue weighted by Crippen LogP contribution is 2.65. The van der Waals surface area contributed by atoms with Crippen molar-refractivity contribution < 1.29 is 9.59 Å². The van der Waals surface area contributed by atoms with Gasteiger partial charge in [0, 0.05) is 35.7 Å². The second-order valence-electron chi connectivity index (χ2n) is 12.1. The number of hydrogen-bond donors (Lipinski definition) is 0. The fraction of sp³-hybridized carbons (Fsp3) is 0.690. The van der Waals surface area contributed by atoms with Crippen LogP contribution in [0.2, 0.25) is 0 Å². The molecule has 0 radical (unpaired) electrons. The Morgan fingerprint density at radius 2 is 1.79 bits per heavy atom. The lowest BCUT2D eigenvalue weighted by molar-refractivity contribution is -0.129. The van der Waals surface area contributed by atoms with Crippen LogP contribution in [0.3, 0.4) is 0 Å². The Morgan fingerprint density at radius 1 is 1.03 bits per heavy atom. The van der Waals surface area contributed by atoms with E-state index in [1.807, 2.05) is 18.2 Å². The van der Waals surface area contributed by atoms with Crippen molar-refractivity contribution in [2.24, 2.45) is 45.4 Å². The lowest BCUT2D eigenvalue weighted by Gasteiger charge is -2.57. The largest absolute Gasteiger partial charge is 0.312 e. The number of hydrogen-bond acceptors (Lipinski definition) is 2. The van der Waals surface area contributed by atoms with Crippen LogP contribution >= 0.6 is 0 Å². The molecule has 4 aliphatic rings. The Bertz CT molecular complexity index is 954. The van der Waals surface area contributed by atoms with Gasteiger partial charge in [0.05, 0.1) is 0 Å². The van der Waals surface area contributed by atoms with Crippen LogP contribution in [-0.4, -0.2) is 24.1 Å². The van der Waals surface area contributed by atoms with Crippen LogP contribution in [0.1, 0.15) is 79.1 Å². The molecule has 4 nitrogen and oxygen atoms in total. The maximum Gasteiger partial charge on any atom is 0.245 e. The first-order valence-electron chi connectivity index (χ1n) is 13.2. The Labute approximate surface area is 199 Å². The zero-order valence-electron chi connectivity index (χ0n) is 20.8. The SMILES string of the molecule is CC(C)CN(C(=O)C1CC[C@H]2[C@@H]3CCC4=NC(=O)CC[C@]4(C)[C@@H]3CC[C@]12C)c1ccccc1. The van der Waals surface area contributed by atoms with Crippen LogP contribution in [-0.2, 0) is 9.59 Å². The molecule has 0 spiro atoms. The summed E-state index contributed by atoms with van der Waals surface area (Å²) in [5.41, 5.74) is 2.39. The molecular weight excluding hydrogens is 408 g/mol. The number of benzene rings is 1. The number of aliphatic imine (C=N–C) groups is 1. The van der Waals surface area contributed by atoms with E-state index in [0.29, 0.717) is 36.0 Å². The fourth-order valence-electron chi connectivity index (χ4n) is 8.26. The number of rotatable bonds is 4. The Kier molecular flexibility index (Phi) is 5.77. The second kappa shape index (κ2) is 8.36. The van der Waals surface area contributed by atoms with Gasteiger partial charge in [-0.15, -0.1) is 0 Å². The molecule has 1 unspecified atom stereocenters. The summed E-state index contributed by atoms with van der Waals surface area (Å²) in [5, 5.41) is 0. The van der Waals surface area contributed by atoms with Crippen LogP contribution in [0.4, 0.5) is 5.69 Å². The molecule has 33 heavy (non-hydrogen) atoms. The molecule has 0 N–H and O–H groups in total. The smallest absolute Gasteiger partial charge is 0.245 e. The summed E-state index contributed by atoms with van der Waals surface area (Å²) < 4.78 is 0. The lowest BCUT2D eigenvalue weighted by Crippen LogP contribution is -2.54. The van der Waals surface area contributed by atoms with Crippen LogP contribution < -0.4 is 4.90 Å². The Morgan fingerprint density at radius 3 is 2.52 bits per heavy atom. The third kappa shape index (κ3) is 3.68. The topological polar surface area (TPSA) is 49.7 Å². The van der Waals surface area contributed by atoms with Crippen LogP contribution in [0.5, 0.6) is 0 Å². The van der Waals surface area contributed by atoms with Crippen molar-refractivity contribution in [3.8, 4) is 0 Å². The van der Waals surface area contributed by atoms with Gasteiger partial charge in [-0.25, -0.2) is 4.99 Å². The molecule has 1 aliphatic heterocycles. The van der Waals surface area contributed by atoms with Crippen LogP contribution in [0, 0.1) is 40.4 Å². The summed E-state index contributed by atoms with van der Waals surface area (Å²) in [6.45, 7) is 9.99. The number of carbonyl (C=O) groups excluding carboxylic acids is 2. The Balaban J connectivity index is 1.41. The monoisotopic (exact) mass is 448 g/mol. The molecule has 3 saturated carbocycles. The van der Waals surface area contributed by atoms with E-state index in [2.05, 4.69) is 49.7 Å². The summed E-state index contributed by atoms with van der Waals surface area (Å²) in [5.74, 6) is 2.85. The molecular formula is C29H40N2O2. The molecule has 178 valence electrons. The number of para-hydroxylation sites is 1. The zero-order chi connectivity index (χ0) is 23.4. The zero-order valence-corrected chi connectivity index (χ0v) is 20.8. The summed E-state index contributed by atoms with van der Waals surface area (Å²) in [6, 6.07) is 10.3. The number of nitrogens with zero attached hydrogens (tertiary/aromatic N) is 2. The molecule has 5 rings (SSSR count). The summed E-state index contributed by atoms with van der Waals surface area (Å²) >= 11 is 0. The van der Waals surface area contributed by atoms with Gasteiger partial charge in [-0.3, -0.25) is 9.59 Å². The van der Waals surface area contributed by atoms with Crippen LogP contribution in [0.25, 0.3) is 0 Å². The van der Waals surface area contributed by atoms with Crippen molar-refractivity contribution in [3.05, 3.63) is 30.3 Å². The van der Waals surface area contributed by atoms with Crippen molar-refractivity contribution >= 4 is 23.2 Å². The van der Waals surface area contributed by atoms with Gasteiger partial charge in [0.2, 0.25) is 11.8 Å². The van der Waals surface area contributed by atoms with Crippen molar-refractivity contribution in [1.29, 1.82) is 0 Å². The van der Waals surface area contributed by atoms with E-state index >= 15 is 0 Å². The molecule has 0 aromatic heterocycles. The molecule has 3 fully saturated rings. The highest BCUT2D eigenvalue weighted by molar-refractivity contribution is 6.02. The highest BCUT2D eigenvalue weighted by Gasteiger charge is 2.61. The average Bonchev–Trinajstić information content (AvgIpc) is 3.15. The molecule has 0 saturated heterocycles. The second-order valence-corrected chi connectivity index (χ2v) is 12.1. The van der Waals surface area contributed by atoms with Crippen molar-refractivity contribution in [3.63, 3.8) is 0 Å². The fourth-order valence-corrected chi connectivity index (χ4v) is 8.26. The number of fused-ring (bicyclic) bond motifs is 5. The molecule has 1 aromatic carbocycles. The first-order chi connectivity index (χ1) is 15.7. The van der Waals surface area contributed by atoms with Gasteiger partial charge in [0.15, 0.2) is 0 Å². The highest BCUT2D eigenvalue weighted by atomic mass is 16.2. The van der Waals surface area contributed by atoms with Crippen molar-refractivity contribution in [2.75, 3.05) is 11.4 Å². The third-order valence-corrected chi connectivity index (χ3v) is 9.93. The van der Waals surface area contributed by atoms with Gasteiger partial charge < -0.3 is 4.90 Å². The molecule has 6 atom stereocenters. The van der Waals surface area contributed by atoms with E-state index < -0.39 is 0 Å². The molecule has 3 aliphatic carbocycles. The number of carbonyl (C=O) groups is 2. The quantitative estimate of drug-likeness (QED) is 0.543. The predicted molar refractivity (Wildman–Crippen MR) is 133 cm³/mol. The van der Waals surface area contributed by atoms with Crippen molar-refractivity contribution in [2.45, 2.75) is 79.1 Å². The first-order valence-corrected chi connectivity index (χ1v) is 13.2. The lowest BCUT2D eigenvalue weighted by atomic mass is 9.48. The van der Waals surface area contributed by atoms with E-state index in [9.17, 15) is 9.59 Å². The van der Waals surface area contributed by atoms with Gasteiger partial charge in [-0.2, -0.15) is 0 Å². The van der Waals surface area contributed by atoms with E-state index in [1.54, 1.807) is 0 Å².